The largest absolute Gasteiger partial charge is 0.313 e. The molecule has 0 aromatic heterocycles. The van der Waals surface area contributed by atoms with Gasteiger partial charge in [-0.1, -0.05) is 27.2 Å². The van der Waals surface area contributed by atoms with E-state index in [1.165, 1.54) is 0 Å². The quantitative estimate of drug-likeness (QED) is 0.682. The van der Waals surface area contributed by atoms with E-state index in [0.29, 0.717) is 6.42 Å². The zero-order chi connectivity index (χ0) is 12.6. The highest BCUT2D eigenvalue weighted by atomic mass is 32.2. The van der Waals surface area contributed by atoms with Gasteiger partial charge in [0, 0.05) is 6.04 Å². The molecule has 16 heavy (non-hydrogen) atoms. The molecule has 0 aliphatic heterocycles. The smallest absolute Gasteiger partial charge is 0.154 e. The first-order chi connectivity index (χ1) is 7.47. The van der Waals surface area contributed by atoms with E-state index in [2.05, 4.69) is 19.2 Å². The summed E-state index contributed by atoms with van der Waals surface area (Å²) in [5.41, 5.74) is 0. The molecule has 1 N–H and O–H groups in total. The van der Waals surface area contributed by atoms with Crippen LogP contribution in [0, 0.1) is 0 Å². The topological polar surface area (TPSA) is 46.2 Å². The molecule has 0 radical (unpaired) electrons. The zero-order valence-electron chi connectivity index (χ0n) is 11.1. The number of hydrogen-bond donors (Lipinski definition) is 1. The van der Waals surface area contributed by atoms with Crippen molar-refractivity contribution in [1.82, 2.24) is 5.32 Å². The first-order valence-corrected chi connectivity index (χ1v) is 8.14. The summed E-state index contributed by atoms with van der Waals surface area (Å²) in [6.45, 7) is 8.82. The van der Waals surface area contributed by atoms with E-state index in [1.807, 2.05) is 6.92 Å². The van der Waals surface area contributed by atoms with Crippen molar-refractivity contribution in [3.63, 3.8) is 0 Å². The molecule has 2 unspecified atom stereocenters. The van der Waals surface area contributed by atoms with Crippen molar-refractivity contribution >= 4 is 9.84 Å². The molecule has 98 valence electrons. The molecule has 0 aromatic carbocycles. The Bertz CT molecular complexity index is 262. The van der Waals surface area contributed by atoms with Crippen LogP contribution in [0.4, 0.5) is 0 Å². The van der Waals surface area contributed by atoms with Crippen LogP contribution in [-0.2, 0) is 9.84 Å². The van der Waals surface area contributed by atoms with Gasteiger partial charge in [-0.25, -0.2) is 8.42 Å². The highest BCUT2D eigenvalue weighted by Gasteiger charge is 2.23. The van der Waals surface area contributed by atoms with Crippen LogP contribution in [0.5, 0.6) is 0 Å². The van der Waals surface area contributed by atoms with Crippen molar-refractivity contribution in [2.24, 2.45) is 0 Å². The van der Waals surface area contributed by atoms with E-state index < -0.39 is 9.84 Å². The Morgan fingerprint density at radius 1 is 1.12 bits per heavy atom. The third-order valence-corrected chi connectivity index (χ3v) is 5.37. The van der Waals surface area contributed by atoms with Crippen LogP contribution in [0.3, 0.4) is 0 Å². The summed E-state index contributed by atoms with van der Waals surface area (Å²) in [7, 11) is -2.92. The minimum absolute atomic E-state index is 0.129. The van der Waals surface area contributed by atoms with E-state index in [0.717, 1.165) is 25.8 Å². The Morgan fingerprint density at radius 3 is 2.19 bits per heavy atom. The first-order valence-electron chi connectivity index (χ1n) is 6.42. The molecule has 3 nitrogen and oxygen atoms in total. The van der Waals surface area contributed by atoms with Crippen LogP contribution in [-0.4, -0.2) is 32.0 Å². The zero-order valence-corrected chi connectivity index (χ0v) is 11.9. The minimum Gasteiger partial charge on any atom is -0.313 e. The average Bonchev–Trinajstić information content (AvgIpc) is 2.24. The number of hydrogen-bond acceptors (Lipinski definition) is 3. The van der Waals surface area contributed by atoms with Crippen molar-refractivity contribution < 1.29 is 8.42 Å². The van der Waals surface area contributed by atoms with Gasteiger partial charge in [-0.05, 0) is 32.7 Å². The molecule has 0 bridgehead atoms. The molecule has 0 aromatic rings. The summed E-state index contributed by atoms with van der Waals surface area (Å²) in [6.07, 6.45) is 3.71. The normalized spacial score (nSPS) is 16.0. The number of rotatable bonds is 9. The van der Waals surface area contributed by atoms with Gasteiger partial charge in [0.25, 0.3) is 0 Å². The predicted molar refractivity (Wildman–Crippen MR) is 70.5 cm³/mol. The summed E-state index contributed by atoms with van der Waals surface area (Å²) in [5.74, 6) is 0.288. The van der Waals surface area contributed by atoms with Gasteiger partial charge in [0.1, 0.15) is 0 Å². The van der Waals surface area contributed by atoms with Crippen LogP contribution in [0.25, 0.3) is 0 Å². The molecule has 0 saturated carbocycles. The van der Waals surface area contributed by atoms with Crippen molar-refractivity contribution in [2.45, 2.75) is 64.7 Å². The third kappa shape index (κ3) is 5.85. The highest BCUT2D eigenvalue weighted by molar-refractivity contribution is 7.92. The number of nitrogens with one attached hydrogen (secondary N) is 1. The maximum absolute atomic E-state index is 12.0. The second-order valence-electron chi connectivity index (χ2n) is 4.49. The summed E-state index contributed by atoms with van der Waals surface area (Å²) in [5, 5.41) is 3.11. The lowest BCUT2D eigenvalue weighted by Gasteiger charge is -2.20. The molecule has 0 aliphatic carbocycles. The second-order valence-corrected chi connectivity index (χ2v) is 6.95. The highest BCUT2D eigenvalue weighted by Crippen LogP contribution is 2.10. The maximum atomic E-state index is 12.0. The van der Waals surface area contributed by atoms with Gasteiger partial charge in [-0.2, -0.15) is 0 Å². The minimum atomic E-state index is -2.92. The van der Waals surface area contributed by atoms with Crippen LogP contribution in [0.2, 0.25) is 0 Å². The summed E-state index contributed by atoms with van der Waals surface area (Å²) < 4.78 is 23.9. The Balaban J connectivity index is 4.36. The van der Waals surface area contributed by atoms with Gasteiger partial charge in [-0.3, -0.25) is 0 Å². The van der Waals surface area contributed by atoms with E-state index in [-0.39, 0.29) is 17.0 Å². The van der Waals surface area contributed by atoms with E-state index in [9.17, 15) is 8.42 Å². The van der Waals surface area contributed by atoms with Crippen molar-refractivity contribution in [2.75, 3.05) is 12.3 Å². The average molecular weight is 249 g/mol. The standard InChI is InChI=1S/C12H27NO2S/c1-5-8-12(13-9-6-2)10-16(14,15)11(4)7-3/h11-13H,5-10H2,1-4H3. The van der Waals surface area contributed by atoms with Gasteiger partial charge in [0.05, 0.1) is 11.0 Å². The molecule has 4 heteroatoms. The van der Waals surface area contributed by atoms with E-state index in [1.54, 1.807) is 6.92 Å². The molecule has 0 rings (SSSR count). The molecule has 0 spiro atoms. The van der Waals surface area contributed by atoms with E-state index >= 15 is 0 Å². The molecule has 2 atom stereocenters. The van der Waals surface area contributed by atoms with Crippen LogP contribution < -0.4 is 5.32 Å². The summed E-state index contributed by atoms with van der Waals surface area (Å²) >= 11 is 0. The van der Waals surface area contributed by atoms with Crippen LogP contribution in [0.1, 0.15) is 53.4 Å². The fourth-order valence-corrected chi connectivity index (χ4v) is 3.32. The van der Waals surface area contributed by atoms with Crippen molar-refractivity contribution in [3.8, 4) is 0 Å². The molecule has 0 saturated heterocycles. The lowest BCUT2D eigenvalue weighted by molar-refractivity contribution is 0.496. The second kappa shape index (κ2) is 8.07. The molecular formula is C12H27NO2S. The SMILES string of the molecule is CCCNC(CCC)CS(=O)(=O)C(C)CC. The lowest BCUT2D eigenvalue weighted by atomic mass is 10.2. The van der Waals surface area contributed by atoms with Crippen LogP contribution in [0.15, 0.2) is 0 Å². The van der Waals surface area contributed by atoms with Gasteiger partial charge in [-0.15, -0.1) is 0 Å². The van der Waals surface area contributed by atoms with Crippen molar-refractivity contribution in [3.05, 3.63) is 0 Å². The maximum Gasteiger partial charge on any atom is 0.154 e. The Morgan fingerprint density at radius 2 is 1.75 bits per heavy atom. The fraction of sp³-hybridized carbons (Fsp3) is 1.00. The Hall–Kier alpha value is -0.0900. The lowest BCUT2D eigenvalue weighted by Crippen LogP contribution is -2.38. The van der Waals surface area contributed by atoms with Gasteiger partial charge in [0.15, 0.2) is 9.84 Å². The first kappa shape index (κ1) is 15.9. The predicted octanol–water partition coefficient (Wildman–Crippen LogP) is 2.37. The van der Waals surface area contributed by atoms with Crippen LogP contribution >= 0.6 is 0 Å². The molecule has 0 fully saturated rings. The van der Waals surface area contributed by atoms with Gasteiger partial charge in [0.2, 0.25) is 0 Å². The van der Waals surface area contributed by atoms with Gasteiger partial charge < -0.3 is 5.32 Å². The van der Waals surface area contributed by atoms with E-state index in [4.69, 9.17) is 0 Å². The molecule has 0 aliphatic rings. The molecule has 0 heterocycles. The Labute approximate surface area is 101 Å². The fourth-order valence-electron chi connectivity index (χ4n) is 1.64. The Kier molecular flexibility index (Phi) is 8.02. The van der Waals surface area contributed by atoms with Gasteiger partial charge >= 0.3 is 0 Å². The summed E-state index contributed by atoms with van der Waals surface area (Å²) in [6, 6.07) is 0.129. The molecule has 0 amide bonds. The number of sulfone groups is 1. The third-order valence-electron chi connectivity index (χ3n) is 2.94. The van der Waals surface area contributed by atoms with Crippen molar-refractivity contribution in [1.29, 1.82) is 0 Å². The summed E-state index contributed by atoms with van der Waals surface area (Å²) in [4.78, 5) is 0. The monoisotopic (exact) mass is 249 g/mol. The molecular weight excluding hydrogens is 222 g/mol.